The first kappa shape index (κ1) is 29.9. The minimum absolute atomic E-state index is 0.197. The van der Waals surface area contributed by atoms with Crippen LogP contribution in [0.5, 0.6) is 0 Å². The maximum atomic E-state index is 13.6. The molecule has 2 aliphatic rings. The third-order valence-electron chi connectivity index (χ3n) is 10.5. The fraction of sp³-hybridized carbons (Fsp3) is 0.529. The largest absolute Gasteiger partial charge is 0.415 e. The third kappa shape index (κ3) is 5.04. The van der Waals surface area contributed by atoms with E-state index in [1.54, 1.807) is 18.3 Å². The minimum Gasteiger partial charge on any atom is -0.415 e. The van der Waals surface area contributed by atoms with E-state index in [9.17, 15) is 9.50 Å². The molecule has 2 aliphatic carbocycles. The van der Waals surface area contributed by atoms with Gasteiger partial charge in [0, 0.05) is 23.6 Å². The highest BCUT2D eigenvalue weighted by molar-refractivity contribution is 6.77. The van der Waals surface area contributed by atoms with Crippen LogP contribution in [-0.2, 0) is 10.8 Å². The van der Waals surface area contributed by atoms with Crippen molar-refractivity contribution in [2.45, 2.75) is 96.9 Å². The Kier molecular flexibility index (Phi) is 8.18. The Morgan fingerprint density at radius 1 is 1.02 bits per heavy atom. The number of benzene rings is 1. The van der Waals surface area contributed by atoms with Gasteiger partial charge in [-0.2, -0.15) is 5.10 Å². The quantitative estimate of drug-likeness (QED) is 0.246. The Morgan fingerprint density at radius 2 is 1.71 bits per heavy atom. The maximum absolute atomic E-state index is 13.6. The lowest BCUT2D eigenvalue weighted by atomic mass is 9.59. The van der Waals surface area contributed by atoms with Crippen LogP contribution in [0.3, 0.4) is 0 Å². The van der Waals surface area contributed by atoms with Crippen LogP contribution >= 0.6 is 0 Å². The molecule has 2 heterocycles. The number of hydrogen-bond acceptors (Lipinski definition) is 4. The van der Waals surface area contributed by atoms with Crippen LogP contribution in [0.2, 0.25) is 16.6 Å². The fourth-order valence-corrected chi connectivity index (χ4v) is 13.8. The van der Waals surface area contributed by atoms with Gasteiger partial charge in [-0.15, -0.1) is 0 Å². The second-order valence-electron chi connectivity index (χ2n) is 13.5. The summed E-state index contributed by atoms with van der Waals surface area (Å²) in [5, 5.41) is 16.3. The SMILES string of the molecule is CC(C)[Si](OC[C@@]1(CC(O)c2ccccn2)CCC2=Cc3c(cnn3-c3ccc(F)cc3)C[C@]21C)(C(C)C)C(C)C. The molecule has 41 heavy (non-hydrogen) atoms. The second-order valence-corrected chi connectivity index (χ2v) is 18.9. The zero-order valence-corrected chi connectivity index (χ0v) is 26.7. The number of rotatable bonds is 10. The lowest BCUT2D eigenvalue weighted by molar-refractivity contribution is -0.0119. The van der Waals surface area contributed by atoms with Gasteiger partial charge in [-0.05, 0) is 90.3 Å². The summed E-state index contributed by atoms with van der Waals surface area (Å²) in [4.78, 5) is 4.51. The van der Waals surface area contributed by atoms with E-state index in [1.807, 2.05) is 29.1 Å². The summed E-state index contributed by atoms with van der Waals surface area (Å²) in [6.45, 7) is 17.0. The van der Waals surface area contributed by atoms with Crippen LogP contribution in [0.4, 0.5) is 4.39 Å². The van der Waals surface area contributed by atoms with Crippen LogP contribution in [0.15, 0.2) is 60.4 Å². The molecule has 2 aromatic heterocycles. The second kappa shape index (κ2) is 11.2. The molecule has 0 saturated heterocycles. The number of fused-ring (bicyclic) bond motifs is 2. The van der Waals surface area contributed by atoms with Crippen molar-refractivity contribution in [3.8, 4) is 5.69 Å². The number of aliphatic hydroxyl groups is 1. The highest BCUT2D eigenvalue weighted by Gasteiger charge is 2.58. The zero-order chi connectivity index (χ0) is 29.6. The molecule has 0 spiro atoms. The Hall–Kier alpha value is -2.61. The average Bonchev–Trinajstić information content (AvgIpc) is 3.45. The van der Waals surface area contributed by atoms with Crippen LogP contribution in [0, 0.1) is 16.6 Å². The van der Waals surface area contributed by atoms with Crippen molar-refractivity contribution in [2.24, 2.45) is 10.8 Å². The first-order valence-electron chi connectivity index (χ1n) is 15.2. The van der Waals surface area contributed by atoms with E-state index in [0.29, 0.717) is 35.3 Å². The lowest BCUT2D eigenvalue weighted by Crippen LogP contribution is -2.52. The summed E-state index contributed by atoms with van der Waals surface area (Å²) >= 11 is 0. The highest BCUT2D eigenvalue weighted by atomic mass is 28.4. The summed E-state index contributed by atoms with van der Waals surface area (Å²) in [6, 6.07) is 12.3. The molecule has 1 fully saturated rings. The molecule has 1 N–H and O–H groups in total. The molecule has 3 atom stereocenters. The van der Waals surface area contributed by atoms with E-state index >= 15 is 0 Å². The summed E-state index contributed by atoms with van der Waals surface area (Å²) in [5.74, 6) is -0.253. The number of halogens is 1. The van der Waals surface area contributed by atoms with Gasteiger partial charge in [-0.25, -0.2) is 9.07 Å². The summed E-state index contributed by atoms with van der Waals surface area (Å²) in [5.41, 5.74) is 6.20. The molecule has 7 heteroatoms. The molecule has 1 aromatic carbocycles. The number of hydrogen-bond donors (Lipinski definition) is 1. The molecule has 220 valence electrons. The van der Waals surface area contributed by atoms with Gasteiger partial charge in [0.25, 0.3) is 0 Å². The Labute approximate surface area is 246 Å². The van der Waals surface area contributed by atoms with Gasteiger partial charge in [0.15, 0.2) is 8.32 Å². The summed E-state index contributed by atoms with van der Waals surface area (Å²) in [7, 11) is -2.14. The molecule has 1 unspecified atom stereocenters. The van der Waals surface area contributed by atoms with Gasteiger partial charge < -0.3 is 9.53 Å². The third-order valence-corrected chi connectivity index (χ3v) is 16.5. The molecule has 0 aliphatic heterocycles. The van der Waals surface area contributed by atoms with Crippen molar-refractivity contribution in [3.05, 3.63) is 83.2 Å². The number of allylic oxidation sites excluding steroid dienone is 1. The molecular weight excluding hydrogens is 529 g/mol. The average molecular weight is 576 g/mol. The highest BCUT2D eigenvalue weighted by Crippen LogP contribution is 2.63. The predicted molar refractivity (Wildman–Crippen MR) is 166 cm³/mol. The van der Waals surface area contributed by atoms with E-state index in [4.69, 9.17) is 9.52 Å². The fourth-order valence-electron chi connectivity index (χ4n) is 8.24. The predicted octanol–water partition coefficient (Wildman–Crippen LogP) is 8.45. The normalized spacial score (nSPS) is 23.2. The minimum atomic E-state index is -2.14. The van der Waals surface area contributed by atoms with Gasteiger partial charge in [0.1, 0.15) is 5.82 Å². The zero-order valence-electron chi connectivity index (χ0n) is 25.7. The van der Waals surface area contributed by atoms with Gasteiger partial charge in [-0.3, -0.25) is 4.98 Å². The Balaban J connectivity index is 1.55. The Morgan fingerprint density at radius 3 is 2.32 bits per heavy atom. The Bertz CT molecular complexity index is 1360. The molecule has 0 amide bonds. The van der Waals surface area contributed by atoms with E-state index in [2.05, 4.69) is 59.5 Å². The molecule has 0 radical (unpaired) electrons. The number of aromatic nitrogens is 3. The molecule has 5 nitrogen and oxygen atoms in total. The number of pyridine rings is 1. The molecule has 1 saturated carbocycles. The first-order valence-corrected chi connectivity index (χ1v) is 17.3. The molecular formula is C34H46FN3O2Si. The van der Waals surface area contributed by atoms with Crippen molar-refractivity contribution in [3.63, 3.8) is 0 Å². The van der Waals surface area contributed by atoms with E-state index in [0.717, 1.165) is 30.6 Å². The van der Waals surface area contributed by atoms with Crippen molar-refractivity contribution >= 4 is 14.4 Å². The topological polar surface area (TPSA) is 60.2 Å². The van der Waals surface area contributed by atoms with E-state index < -0.39 is 14.4 Å². The van der Waals surface area contributed by atoms with Gasteiger partial charge in [-0.1, -0.05) is 60.1 Å². The van der Waals surface area contributed by atoms with E-state index in [-0.39, 0.29) is 16.6 Å². The van der Waals surface area contributed by atoms with Gasteiger partial charge in [0.05, 0.1) is 29.4 Å². The standard InChI is InChI=1S/C34H46FN3O2Si/c1-23(2)41(24(3)4,25(5)6)40-22-34(20-32(39)30-10-8-9-17-36-30)16-15-27-18-31-26(19-33(27,34)7)21-37-38(31)29-13-11-28(35)12-14-29/h8-14,17-18,21,23-25,32,39H,15-16,19-20,22H2,1-7H3/t32?,33-,34+/m1/s1. The first-order chi connectivity index (χ1) is 19.4. The monoisotopic (exact) mass is 575 g/mol. The smallest absolute Gasteiger partial charge is 0.200 e. The van der Waals surface area contributed by atoms with Crippen LogP contribution in [0.25, 0.3) is 11.8 Å². The molecule has 3 aromatic rings. The van der Waals surface area contributed by atoms with E-state index in [1.165, 1.54) is 23.3 Å². The molecule has 5 rings (SSSR count). The summed E-state index contributed by atoms with van der Waals surface area (Å²) in [6.07, 6.45) is 8.68. The van der Waals surface area contributed by atoms with Gasteiger partial charge in [0.2, 0.25) is 0 Å². The maximum Gasteiger partial charge on any atom is 0.200 e. The number of nitrogens with zero attached hydrogens (tertiary/aromatic N) is 3. The van der Waals surface area contributed by atoms with Crippen LogP contribution in [-0.4, -0.2) is 34.8 Å². The molecule has 0 bridgehead atoms. The van der Waals surface area contributed by atoms with Gasteiger partial charge >= 0.3 is 0 Å². The van der Waals surface area contributed by atoms with Crippen molar-refractivity contribution in [1.29, 1.82) is 0 Å². The van der Waals surface area contributed by atoms with Crippen molar-refractivity contribution < 1.29 is 13.9 Å². The van der Waals surface area contributed by atoms with Crippen LogP contribution in [0.1, 0.15) is 90.8 Å². The van der Waals surface area contributed by atoms with Crippen LogP contribution < -0.4 is 0 Å². The van der Waals surface area contributed by atoms with Crippen molar-refractivity contribution in [2.75, 3.05) is 6.61 Å². The summed E-state index contributed by atoms with van der Waals surface area (Å²) < 4.78 is 22.9. The lowest BCUT2D eigenvalue weighted by Gasteiger charge is -2.50. The number of aliphatic hydroxyl groups excluding tert-OH is 1. The van der Waals surface area contributed by atoms with Crippen molar-refractivity contribution in [1.82, 2.24) is 14.8 Å².